The van der Waals surface area contributed by atoms with Crippen molar-refractivity contribution in [2.24, 2.45) is 5.92 Å². The number of benzene rings is 1. The second-order valence-electron chi connectivity index (χ2n) is 4.09. The van der Waals surface area contributed by atoms with Gasteiger partial charge >= 0.3 is 0 Å². The molecule has 0 aliphatic carbocycles. The van der Waals surface area contributed by atoms with Crippen LogP contribution in [-0.2, 0) is 9.84 Å². The van der Waals surface area contributed by atoms with Crippen molar-refractivity contribution in [3.63, 3.8) is 0 Å². The maximum atomic E-state index is 11.4. The van der Waals surface area contributed by atoms with Crippen LogP contribution in [-0.4, -0.2) is 19.9 Å². The molecule has 5 heteroatoms. The second kappa shape index (κ2) is 4.55. The van der Waals surface area contributed by atoms with Crippen LogP contribution < -0.4 is 0 Å². The van der Waals surface area contributed by atoms with Gasteiger partial charge < -0.3 is 0 Å². The maximum Gasteiger partial charge on any atom is 0.150 e. The second-order valence-corrected chi connectivity index (χ2v) is 7.19. The highest BCUT2D eigenvalue weighted by Crippen LogP contribution is 2.38. The van der Waals surface area contributed by atoms with Gasteiger partial charge in [-0.15, -0.1) is 11.6 Å². The van der Waals surface area contributed by atoms with Crippen LogP contribution in [0, 0.1) is 5.92 Å². The lowest BCUT2D eigenvalue weighted by Crippen LogP contribution is -2.10. The fraction of sp³-hybridized carbons (Fsp3) is 0.455. The summed E-state index contributed by atoms with van der Waals surface area (Å²) in [5.74, 6) is 0.393. The summed E-state index contributed by atoms with van der Waals surface area (Å²) in [4.78, 5) is 0. The number of halogens is 2. The summed E-state index contributed by atoms with van der Waals surface area (Å²) < 4.78 is 22.7. The molecule has 0 spiro atoms. The lowest BCUT2D eigenvalue weighted by Gasteiger charge is -2.16. The normalized spacial score (nSPS) is 25.5. The Morgan fingerprint density at radius 1 is 1.31 bits per heavy atom. The molecule has 0 N–H and O–H groups in total. The molecule has 2 nitrogen and oxygen atoms in total. The SMILES string of the molecule is O=S1(=O)CCC(C(Cl)c2ccccc2Cl)C1. The van der Waals surface area contributed by atoms with E-state index in [0.29, 0.717) is 11.4 Å². The Kier molecular flexibility index (Phi) is 3.48. The van der Waals surface area contributed by atoms with Crippen LogP contribution in [0.4, 0.5) is 0 Å². The van der Waals surface area contributed by atoms with E-state index in [1.807, 2.05) is 18.2 Å². The van der Waals surface area contributed by atoms with E-state index >= 15 is 0 Å². The largest absolute Gasteiger partial charge is 0.229 e. The average molecular weight is 279 g/mol. The van der Waals surface area contributed by atoms with Crippen molar-refractivity contribution >= 4 is 33.0 Å². The highest BCUT2D eigenvalue weighted by atomic mass is 35.5. The van der Waals surface area contributed by atoms with E-state index in [4.69, 9.17) is 23.2 Å². The Labute approximate surface area is 105 Å². The van der Waals surface area contributed by atoms with E-state index < -0.39 is 9.84 Å². The molecule has 16 heavy (non-hydrogen) atoms. The van der Waals surface area contributed by atoms with Crippen LogP contribution in [0.25, 0.3) is 0 Å². The summed E-state index contributed by atoms with van der Waals surface area (Å²) in [6.45, 7) is 0. The minimum absolute atomic E-state index is 0.0217. The number of hydrogen-bond acceptors (Lipinski definition) is 2. The summed E-state index contributed by atoms with van der Waals surface area (Å²) in [5.41, 5.74) is 0.827. The zero-order valence-corrected chi connectivity index (χ0v) is 10.9. The predicted molar refractivity (Wildman–Crippen MR) is 66.8 cm³/mol. The number of rotatable bonds is 2. The Balaban J connectivity index is 2.21. The first-order valence-electron chi connectivity index (χ1n) is 5.08. The van der Waals surface area contributed by atoms with Gasteiger partial charge in [-0.05, 0) is 24.0 Å². The molecule has 1 fully saturated rings. The molecule has 88 valence electrons. The predicted octanol–water partition coefficient (Wildman–Crippen LogP) is 3.05. The van der Waals surface area contributed by atoms with Gasteiger partial charge in [-0.3, -0.25) is 0 Å². The average Bonchev–Trinajstić information content (AvgIpc) is 2.59. The van der Waals surface area contributed by atoms with Gasteiger partial charge in [0.25, 0.3) is 0 Å². The third-order valence-electron chi connectivity index (χ3n) is 2.88. The molecular formula is C11H12Cl2O2S. The van der Waals surface area contributed by atoms with Crippen molar-refractivity contribution < 1.29 is 8.42 Å². The molecule has 0 saturated carbocycles. The molecular weight excluding hydrogens is 267 g/mol. The maximum absolute atomic E-state index is 11.4. The summed E-state index contributed by atoms with van der Waals surface area (Å²) in [6, 6.07) is 7.32. The third kappa shape index (κ3) is 2.53. The van der Waals surface area contributed by atoms with Crippen molar-refractivity contribution in [3.05, 3.63) is 34.9 Å². The van der Waals surface area contributed by atoms with Gasteiger partial charge in [-0.1, -0.05) is 29.8 Å². The summed E-state index contributed by atoms with van der Waals surface area (Å²) in [7, 11) is -2.89. The van der Waals surface area contributed by atoms with E-state index in [2.05, 4.69) is 0 Å². The highest BCUT2D eigenvalue weighted by Gasteiger charge is 2.34. The molecule has 1 aliphatic heterocycles. The Morgan fingerprint density at radius 2 is 2.00 bits per heavy atom. The standard InChI is InChI=1S/C11H12Cl2O2S/c12-10-4-2-1-3-9(10)11(13)8-5-6-16(14,15)7-8/h1-4,8,11H,5-7H2. The molecule has 0 aromatic heterocycles. The van der Waals surface area contributed by atoms with Gasteiger partial charge in [0.1, 0.15) is 0 Å². The number of sulfone groups is 1. The molecule has 0 radical (unpaired) electrons. The fourth-order valence-electron chi connectivity index (χ4n) is 2.01. The molecule has 2 unspecified atom stereocenters. The van der Waals surface area contributed by atoms with Crippen LogP contribution in [0.2, 0.25) is 5.02 Å². The lowest BCUT2D eigenvalue weighted by molar-refractivity contribution is 0.569. The highest BCUT2D eigenvalue weighted by molar-refractivity contribution is 7.91. The molecule has 1 aromatic rings. The summed E-state index contributed by atoms with van der Waals surface area (Å²) >= 11 is 12.3. The molecule has 1 aliphatic rings. The van der Waals surface area contributed by atoms with Gasteiger partial charge in [-0.25, -0.2) is 8.42 Å². The minimum Gasteiger partial charge on any atom is -0.229 e. The van der Waals surface area contributed by atoms with Crippen molar-refractivity contribution in [2.45, 2.75) is 11.8 Å². The molecule has 1 aromatic carbocycles. The Hall–Kier alpha value is -0.250. The van der Waals surface area contributed by atoms with E-state index in [1.54, 1.807) is 6.07 Å². The van der Waals surface area contributed by atoms with E-state index in [0.717, 1.165) is 5.56 Å². The first kappa shape index (κ1) is 12.2. The minimum atomic E-state index is -2.89. The first-order valence-corrected chi connectivity index (χ1v) is 7.72. The van der Waals surface area contributed by atoms with Crippen molar-refractivity contribution in [1.82, 2.24) is 0 Å². The van der Waals surface area contributed by atoms with Gasteiger partial charge in [0.05, 0.1) is 16.9 Å². The van der Waals surface area contributed by atoms with Crippen molar-refractivity contribution in [1.29, 1.82) is 0 Å². The zero-order chi connectivity index (χ0) is 11.8. The van der Waals surface area contributed by atoms with Gasteiger partial charge in [0.2, 0.25) is 0 Å². The number of alkyl halides is 1. The van der Waals surface area contributed by atoms with Crippen LogP contribution >= 0.6 is 23.2 Å². The smallest absolute Gasteiger partial charge is 0.150 e. The molecule has 1 saturated heterocycles. The topological polar surface area (TPSA) is 34.1 Å². The lowest BCUT2D eigenvalue weighted by atomic mass is 9.98. The monoisotopic (exact) mass is 278 g/mol. The molecule has 2 rings (SSSR count). The fourth-order valence-corrected chi connectivity index (χ4v) is 4.67. The van der Waals surface area contributed by atoms with Gasteiger partial charge in [-0.2, -0.15) is 0 Å². The van der Waals surface area contributed by atoms with Crippen LogP contribution in [0.1, 0.15) is 17.4 Å². The van der Waals surface area contributed by atoms with E-state index in [1.165, 1.54) is 0 Å². The van der Waals surface area contributed by atoms with E-state index in [-0.39, 0.29) is 22.8 Å². The summed E-state index contributed by atoms with van der Waals surface area (Å²) in [5, 5.41) is 0.290. The molecule has 1 heterocycles. The van der Waals surface area contributed by atoms with E-state index in [9.17, 15) is 8.42 Å². The van der Waals surface area contributed by atoms with Crippen LogP contribution in [0.3, 0.4) is 0 Å². The third-order valence-corrected chi connectivity index (χ3v) is 5.61. The number of hydrogen-bond donors (Lipinski definition) is 0. The zero-order valence-electron chi connectivity index (χ0n) is 8.57. The van der Waals surface area contributed by atoms with Gasteiger partial charge in [0, 0.05) is 5.02 Å². The van der Waals surface area contributed by atoms with Crippen molar-refractivity contribution in [3.8, 4) is 0 Å². The first-order chi connectivity index (χ1) is 7.49. The van der Waals surface area contributed by atoms with Crippen LogP contribution in [0.5, 0.6) is 0 Å². The molecule has 0 amide bonds. The quantitative estimate of drug-likeness (QED) is 0.780. The Bertz CT molecular complexity index is 485. The molecule has 2 atom stereocenters. The van der Waals surface area contributed by atoms with Crippen LogP contribution in [0.15, 0.2) is 24.3 Å². The molecule has 0 bridgehead atoms. The Morgan fingerprint density at radius 3 is 2.56 bits per heavy atom. The van der Waals surface area contributed by atoms with Crippen molar-refractivity contribution in [2.75, 3.05) is 11.5 Å². The van der Waals surface area contributed by atoms with Gasteiger partial charge in [0.15, 0.2) is 9.84 Å². The summed E-state index contributed by atoms with van der Waals surface area (Å²) in [6.07, 6.45) is 0.627.